The quantitative estimate of drug-likeness (QED) is 0.510. The normalized spacial score (nSPS) is 15.3. The topological polar surface area (TPSA) is 96.9 Å². The van der Waals surface area contributed by atoms with Gasteiger partial charge < -0.3 is 14.8 Å². The van der Waals surface area contributed by atoms with Gasteiger partial charge in [0, 0.05) is 11.3 Å². The van der Waals surface area contributed by atoms with Gasteiger partial charge in [-0.3, -0.25) is 14.8 Å². The van der Waals surface area contributed by atoms with Gasteiger partial charge in [0.05, 0.1) is 19.6 Å². The molecule has 7 nitrogen and oxygen atoms in total. The molecule has 0 saturated heterocycles. The number of nitrogens with one attached hydrogen (secondary N) is 2. The van der Waals surface area contributed by atoms with Crippen LogP contribution < -0.4 is 20.3 Å². The van der Waals surface area contributed by atoms with Crippen molar-refractivity contribution in [2.75, 3.05) is 19.5 Å². The van der Waals surface area contributed by atoms with E-state index in [2.05, 4.69) is 5.32 Å². The molecule has 0 bridgehead atoms. The highest BCUT2D eigenvalue weighted by molar-refractivity contribution is 6.00. The predicted octanol–water partition coefficient (Wildman–Crippen LogP) is 3.66. The van der Waals surface area contributed by atoms with Gasteiger partial charge >= 0.3 is 0 Å². The van der Waals surface area contributed by atoms with Gasteiger partial charge in [-0.05, 0) is 54.8 Å². The minimum Gasteiger partial charge on any atom is -0.493 e. The van der Waals surface area contributed by atoms with Gasteiger partial charge in [0.25, 0.3) is 5.91 Å². The molecule has 0 atom stereocenters. The van der Waals surface area contributed by atoms with Gasteiger partial charge in [0.15, 0.2) is 11.5 Å². The first-order chi connectivity index (χ1) is 14.0. The highest BCUT2D eigenvalue weighted by Gasteiger charge is 2.41. The summed E-state index contributed by atoms with van der Waals surface area (Å²) in [5.74, 6) is 0.545. The SMILES string of the molecule is COc1ccc(C2(C(=O)Nc3ccc(C(=O)NO)cc3)CCCCC2)cc1OC. The van der Waals surface area contributed by atoms with Gasteiger partial charge in [0.1, 0.15) is 0 Å². The molecule has 1 aliphatic carbocycles. The molecule has 1 aliphatic rings. The molecule has 3 rings (SSSR count). The molecule has 1 saturated carbocycles. The maximum atomic E-state index is 13.4. The summed E-state index contributed by atoms with van der Waals surface area (Å²) in [6, 6.07) is 12.0. The second-order valence-corrected chi connectivity index (χ2v) is 7.18. The van der Waals surface area contributed by atoms with E-state index >= 15 is 0 Å². The van der Waals surface area contributed by atoms with Crippen molar-refractivity contribution in [3.8, 4) is 11.5 Å². The van der Waals surface area contributed by atoms with Gasteiger partial charge in [0.2, 0.25) is 5.91 Å². The third-order valence-electron chi connectivity index (χ3n) is 5.58. The molecule has 29 heavy (non-hydrogen) atoms. The summed E-state index contributed by atoms with van der Waals surface area (Å²) in [6.45, 7) is 0. The van der Waals surface area contributed by atoms with Gasteiger partial charge in [-0.2, -0.15) is 0 Å². The monoisotopic (exact) mass is 398 g/mol. The molecule has 0 aromatic heterocycles. The summed E-state index contributed by atoms with van der Waals surface area (Å²) in [6.07, 6.45) is 4.54. The highest BCUT2D eigenvalue weighted by atomic mass is 16.5. The van der Waals surface area contributed by atoms with Crippen LogP contribution in [0.2, 0.25) is 0 Å². The minimum atomic E-state index is -0.654. The number of hydrogen-bond acceptors (Lipinski definition) is 5. The van der Waals surface area contributed by atoms with Crippen molar-refractivity contribution in [2.45, 2.75) is 37.5 Å². The Bertz CT molecular complexity index is 873. The molecule has 2 aromatic rings. The summed E-state index contributed by atoms with van der Waals surface area (Å²) < 4.78 is 10.8. The number of benzene rings is 2. The van der Waals surface area contributed by atoms with E-state index in [9.17, 15) is 9.59 Å². The van der Waals surface area contributed by atoms with Gasteiger partial charge in [-0.25, -0.2) is 5.48 Å². The van der Waals surface area contributed by atoms with Crippen LogP contribution >= 0.6 is 0 Å². The molecule has 0 unspecified atom stereocenters. The Morgan fingerprint density at radius 3 is 2.17 bits per heavy atom. The van der Waals surface area contributed by atoms with E-state index in [1.165, 1.54) is 0 Å². The molecule has 7 heteroatoms. The third kappa shape index (κ3) is 4.19. The molecular formula is C22H26N2O5. The van der Waals surface area contributed by atoms with E-state index < -0.39 is 11.3 Å². The fourth-order valence-corrected chi connectivity index (χ4v) is 3.96. The Balaban J connectivity index is 1.90. The fraction of sp³-hybridized carbons (Fsp3) is 0.364. The Morgan fingerprint density at radius 1 is 0.931 bits per heavy atom. The zero-order chi connectivity index (χ0) is 20.9. The van der Waals surface area contributed by atoms with Crippen LogP contribution in [0.25, 0.3) is 0 Å². The minimum absolute atomic E-state index is 0.0798. The second-order valence-electron chi connectivity index (χ2n) is 7.18. The van der Waals surface area contributed by atoms with Crippen molar-refractivity contribution in [1.29, 1.82) is 0 Å². The zero-order valence-corrected chi connectivity index (χ0v) is 16.7. The van der Waals surface area contributed by atoms with Crippen molar-refractivity contribution < 1.29 is 24.3 Å². The summed E-state index contributed by atoms with van der Waals surface area (Å²) >= 11 is 0. The molecular weight excluding hydrogens is 372 g/mol. The maximum Gasteiger partial charge on any atom is 0.274 e. The molecule has 2 aromatic carbocycles. The molecule has 1 fully saturated rings. The van der Waals surface area contributed by atoms with Crippen LogP contribution in [0.15, 0.2) is 42.5 Å². The van der Waals surface area contributed by atoms with Crippen LogP contribution in [0.3, 0.4) is 0 Å². The van der Waals surface area contributed by atoms with Crippen LogP contribution in [0, 0.1) is 0 Å². The summed E-state index contributed by atoms with van der Waals surface area (Å²) in [7, 11) is 3.17. The summed E-state index contributed by atoms with van der Waals surface area (Å²) in [5, 5.41) is 11.7. The Hall–Kier alpha value is -3.06. The smallest absolute Gasteiger partial charge is 0.274 e. The van der Waals surface area contributed by atoms with E-state index in [0.717, 1.165) is 37.7 Å². The lowest BCUT2D eigenvalue weighted by Gasteiger charge is -2.36. The number of carbonyl (C=O) groups is 2. The number of methoxy groups -OCH3 is 2. The van der Waals surface area contributed by atoms with E-state index in [1.807, 2.05) is 18.2 Å². The first-order valence-corrected chi connectivity index (χ1v) is 9.62. The lowest BCUT2D eigenvalue weighted by molar-refractivity contribution is -0.122. The van der Waals surface area contributed by atoms with Crippen LogP contribution in [-0.2, 0) is 10.2 Å². The Kier molecular flexibility index (Phi) is 6.39. The van der Waals surface area contributed by atoms with Crippen LogP contribution in [0.4, 0.5) is 5.69 Å². The van der Waals surface area contributed by atoms with Crippen LogP contribution in [0.1, 0.15) is 48.0 Å². The number of carbonyl (C=O) groups excluding carboxylic acids is 2. The Morgan fingerprint density at radius 2 is 1.59 bits per heavy atom. The number of amides is 2. The maximum absolute atomic E-state index is 13.4. The zero-order valence-electron chi connectivity index (χ0n) is 16.7. The molecule has 0 aliphatic heterocycles. The first kappa shape index (κ1) is 20.7. The van der Waals surface area contributed by atoms with E-state index in [1.54, 1.807) is 44.0 Å². The second kappa shape index (κ2) is 8.96. The van der Waals surface area contributed by atoms with E-state index in [-0.39, 0.29) is 5.91 Å². The lowest BCUT2D eigenvalue weighted by Crippen LogP contribution is -2.42. The molecule has 154 valence electrons. The molecule has 2 amide bonds. The third-order valence-corrected chi connectivity index (χ3v) is 5.58. The number of ether oxygens (including phenoxy) is 2. The number of hydrogen-bond donors (Lipinski definition) is 3. The summed E-state index contributed by atoms with van der Waals surface area (Å²) in [5.41, 5.74) is 2.74. The molecule has 3 N–H and O–H groups in total. The van der Waals surface area contributed by atoms with Crippen molar-refractivity contribution >= 4 is 17.5 Å². The number of anilines is 1. The van der Waals surface area contributed by atoms with Crippen molar-refractivity contribution in [2.24, 2.45) is 0 Å². The van der Waals surface area contributed by atoms with Crippen molar-refractivity contribution in [3.05, 3.63) is 53.6 Å². The Labute approximate surface area is 170 Å². The molecule has 0 radical (unpaired) electrons. The van der Waals surface area contributed by atoms with Crippen molar-refractivity contribution in [3.63, 3.8) is 0 Å². The van der Waals surface area contributed by atoms with E-state index in [4.69, 9.17) is 14.7 Å². The lowest BCUT2D eigenvalue weighted by atomic mass is 9.68. The fourth-order valence-electron chi connectivity index (χ4n) is 3.96. The number of rotatable bonds is 6. The average Bonchev–Trinajstić information content (AvgIpc) is 2.78. The van der Waals surface area contributed by atoms with Crippen LogP contribution in [0.5, 0.6) is 11.5 Å². The van der Waals surface area contributed by atoms with Crippen molar-refractivity contribution in [1.82, 2.24) is 5.48 Å². The standard InChI is InChI=1S/C22H26N2O5/c1-28-18-11-8-16(14-19(18)29-2)22(12-4-3-5-13-22)21(26)23-17-9-6-15(7-10-17)20(25)24-27/h6-11,14,27H,3-5,12-13H2,1-2H3,(H,23,26)(H,24,25). The predicted molar refractivity (Wildman–Crippen MR) is 109 cm³/mol. The highest BCUT2D eigenvalue weighted by Crippen LogP contribution is 2.43. The molecule has 0 heterocycles. The van der Waals surface area contributed by atoms with Gasteiger partial charge in [-0.1, -0.05) is 25.3 Å². The number of hydroxylamine groups is 1. The summed E-state index contributed by atoms with van der Waals surface area (Å²) in [4.78, 5) is 24.9. The van der Waals surface area contributed by atoms with Crippen LogP contribution in [-0.4, -0.2) is 31.2 Å². The van der Waals surface area contributed by atoms with E-state index in [0.29, 0.717) is 22.7 Å². The largest absolute Gasteiger partial charge is 0.493 e. The molecule has 0 spiro atoms. The van der Waals surface area contributed by atoms with Gasteiger partial charge in [-0.15, -0.1) is 0 Å². The first-order valence-electron chi connectivity index (χ1n) is 9.62. The average molecular weight is 398 g/mol.